The van der Waals surface area contributed by atoms with E-state index in [1.54, 1.807) is 0 Å². The number of benzene rings is 2. The number of ether oxygens (including phenoxy) is 1. The highest BCUT2D eigenvalue weighted by Gasteiger charge is 2.41. The van der Waals surface area contributed by atoms with Crippen molar-refractivity contribution in [1.82, 2.24) is 4.90 Å². The van der Waals surface area contributed by atoms with Crippen molar-refractivity contribution in [3.8, 4) is 0 Å². The highest BCUT2D eigenvalue weighted by Crippen LogP contribution is 2.34. The molecule has 3 nitrogen and oxygen atoms in total. The number of halogens is 2. The van der Waals surface area contributed by atoms with E-state index in [1.807, 2.05) is 18.2 Å². The molecule has 2 aromatic carbocycles. The molecule has 2 aromatic rings. The van der Waals surface area contributed by atoms with Gasteiger partial charge in [0.15, 0.2) is 0 Å². The number of carbonyl (C=O) groups excluding carboxylic acids is 1. The Morgan fingerprint density at radius 3 is 2.22 bits per heavy atom. The van der Waals surface area contributed by atoms with Crippen LogP contribution in [0, 0.1) is 17.6 Å². The van der Waals surface area contributed by atoms with Crippen LogP contribution < -0.4 is 0 Å². The quantitative estimate of drug-likeness (QED) is 0.802. The summed E-state index contributed by atoms with van der Waals surface area (Å²) in [5.41, 5.74) is 1.13. The highest BCUT2D eigenvalue weighted by atomic mass is 19.1. The summed E-state index contributed by atoms with van der Waals surface area (Å²) < 4.78 is 33.5. The number of ketones is 1. The lowest BCUT2D eigenvalue weighted by molar-refractivity contribution is -0.133. The van der Waals surface area contributed by atoms with Gasteiger partial charge in [-0.15, -0.1) is 0 Å². The van der Waals surface area contributed by atoms with E-state index in [0.29, 0.717) is 26.1 Å². The molecule has 2 fully saturated rings. The lowest BCUT2D eigenvalue weighted by Crippen LogP contribution is -2.57. The molecule has 2 unspecified atom stereocenters. The average molecular weight is 371 g/mol. The molecule has 2 heterocycles. The van der Waals surface area contributed by atoms with Crippen molar-refractivity contribution >= 4 is 5.78 Å². The number of carbonyl (C=O) groups is 1. The van der Waals surface area contributed by atoms with Crippen LogP contribution in [0.4, 0.5) is 8.78 Å². The smallest absolute Gasteiger partial charge is 0.140 e. The molecule has 142 valence electrons. The van der Waals surface area contributed by atoms with Gasteiger partial charge in [-0.25, -0.2) is 8.78 Å². The molecule has 2 aliphatic rings. The van der Waals surface area contributed by atoms with Gasteiger partial charge >= 0.3 is 0 Å². The van der Waals surface area contributed by atoms with E-state index >= 15 is 0 Å². The summed E-state index contributed by atoms with van der Waals surface area (Å²) in [5.74, 6) is -1.54. The topological polar surface area (TPSA) is 29.5 Å². The maximum atomic E-state index is 13.9. The molecular weight excluding hydrogens is 348 g/mol. The van der Waals surface area contributed by atoms with Crippen molar-refractivity contribution in [3.63, 3.8) is 0 Å². The molecule has 2 bridgehead atoms. The first-order valence-corrected chi connectivity index (χ1v) is 9.45. The van der Waals surface area contributed by atoms with E-state index in [-0.39, 0.29) is 35.8 Å². The van der Waals surface area contributed by atoms with Gasteiger partial charge in [-0.1, -0.05) is 36.4 Å². The Kier molecular flexibility index (Phi) is 5.32. The Hall–Kier alpha value is -2.11. The van der Waals surface area contributed by atoms with Crippen LogP contribution in [0.1, 0.15) is 24.0 Å². The van der Waals surface area contributed by atoms with Crippen LogP contribution in [0.15, 0.2) is 48.5 Å². The van der Waals surface area contributed by atoms with Gasteiger partial charge in [0.25, 0.3) is 0 Å². The first kappa shape index (κ1) is 18.3. The van der Waals surface area contributed by atoms with E-state index in [9.17, 15) is 13.6 Å². The molecule has 2 saturated heterocycles. The average Bonchev–Trinajstić information content (AvgIpc) is 2.65. The molecule has 0 aromatic heterocycles. The molecule has 0 aliphatic carbocycles. The van der Waals surface area contributed by atoms with Crippen molar-refractivity contribution in [3.05, 3.63) is 71.3 Å². The van der Waals surface area contributed by atoms with Gasteiger partial charge in [0.2, 0.25) is 0 Å². The molecule has 2 atom stereocenters. The fourth-order valence-corrected chi connectivity index (χ4v) is 4.32. The molecule has 0 amide bonds. The molecule has 2 aliphatic heterocycles. The second kappa shape index (κ2) is 7.87. The van der Waals surface area contributed by atoms with Crippen LogP contribution in [0.25, 0.3) is 0 Å². The van der Waals surface area contributed by atoms with Crippen molar-refractivity contribution in [2.75, 3.05) is 13.2 Å². The number of morpholine rings is 1. The van der Waals surface area contributed by atoms with Gasteiger partial charge < -0.3 is 4.74 Å². The molecule has 27 heavy (non-hydrogen) atoms. The summed E-state index contributed by atoms with van der Waals surface area (Å²) in [6.45, 7) is 2.03. The summed E-state index contributed by atoms with van der Waals surface area (Å²) in [6.07, 6.45) is 1.18. The predicted molar refractivity (Wildman–Crippen MR) is 98.2 cm³/mol. The molecule has 0 spiro atoms. The monoisotopic (exact) mass is 371 g/mol. The minimum atomic E-state index is -0.645. The third-order valence-corrected chi connectivity index (χ3v) is 5.75. The third kappa shape index (κ3) is 3.94. The zero-order chi connectivity index (χ0) is 18.8. The maximum absolute atomic E-state index is 13.9. The number of Topliss-reactive ketones (excluding diaryl/α,β-unsaturated/α-hetero) is 1. The molecule has 0 saturated carbocycles. The number of hydrogen-bond acceptors (Lipinski definition) is 3. The maximum Gasteiger partial charge on any atom is 0.140 e. The van der Waals surface area contributed by atoms with Crippen molar-refractivity contribution < 1.29 is 18.3 Å². The summed E-state index contributed by atoms with van der Waals surface area (Å²) >= 11 is 0. The van der Waals surface area contributed by atoms with E-state index in [1.165, 1.54) is 23.8 Å². The van der Waals surface area contributed by atoms with Gasteiger partial charge in [0, 0.05) is 36.5 Å². The lowest BCUT2D eigenvalue weighted by Gasteiger charge is -2.48. The van der Waals surface area contributed by atoms with E-state index in [4.69, 9.17) is 4.74 Å². The SMILES string of the molecule is O=C(Cc1c(F)cccc1F)C1CC2COCC(C1)N2Cc1ccccc1. The Balaban J connectivity index is 1.46. The minimum absolute atomic E-state index is 0.0738. The number of nitrogens with zero attached hydrogens (tertiary/aromatic N) is 1. The number of piperidine rings is 1. The fraction of sp³-hybridized carbons (Fsp3) is 0.409. The van der Waals surface area contributed by atoms with E-state index in [0.717, 1.165) is 6.54 Å². The van der Waals surface area contributed by atoms with Gasteiger partial charge in [-0.2, -0.15) is 0 Å². The normalized spacial score (nSPS) is 25.3. The Bertz CT molecular complexity index is 777. The third-order valence-electron chi connectivity index (χ3n) is 5.75. The van der Waals surface area contributed by atoms with Gasteiger partial charge in [0.05, 0.1) is 13.2 Å². The minimum Gasteiger partial charge on any atom is -0.378 e. The van der Waals surface area contributed by atoms with Crippen LogP contribution in [0.2, 0.25) is 0 Å². The van der Waals surface area contributed by atoms with Crippen molar-refractivity contribution in [2.24, 2.45) is 5.92 Å². The van der Waals surface area contributed by atoms with Crippen molar-refractivity contribution in [2.45, 2.75) is 37.9 Å². The fourth-order valence-electron chi connectivity index (χ4n) is 4.32. The van der Waals surface area contributed by atoms with Crippen molar-refractivity contribution in [1.29, 1.82) is 0 Å². The molecule has 0 N–H and O–H groups in total. The zero-order valence-electron chi connectivity index (χ0n) is 15.1. The Morgan fingerprint density at radius 1 is 0.963 bits per heavy atom. The molecular formula is C22H23F2NO2. The predicted octanol–water partition coefficient (Wildman–Crippen LogP) is 3.76. The summed E-state index contributed by atoms with van der Waals surface area (Å²) in [4.78, 5) is 15.2. The number of rotatable bonds is 5. The Morgan fingerprint density at radius 2 is 1.59 bits per heavy atom. The highest BCUT2D eigenvalue weighted by molar-refractivity contribution is 5.83. The first-order valence-electron chi connectivity index (χ1n) is 9.45. The second-order valence-corrected chi connectivity index (χ2v) is 7.51. The molecule has 5 heteroatoms. The van der Waals surface area contributed by atoms with E-state index in [2.05, 4.69) is 17.0 Å². The van der Waals surface area contributed by atoms with Gasteiger partial charge in [-0.05, 0) is 30.5 Å². The van der Waals surface area contributed by atoms with Crippen LogP contribution in [-0.2, 0) is 22.5 Å². The van der Waals surface area contributed by atoms with Crippen LogP contribution in [0.3, 0.4) is 0 Å². The lowest BCUT2D eigenvalue weighted by atomic mass is 9.80. The summed E-state index contributed by atoms with van der Waals surface area (Å²) in [7, 11) is 0. The van der Waals surface area contributed by atoms with Crippen LogP contribution in [0.5, 0.6) is 0 Å². The number of fused-ring (bicyclic) bond motifs is 2. The molecule has 4 rings (SSSR count). The second-order valence-electron chi connectivity index (χ2n) is 7.51. The standard InChI is InChI=1S/C22H23F2NO2/c23-20-7-4-8-21(24)19(20)11-22(26)16-9-17-13-27-14-18(10-16)25(17)12-15-5-2-1-3-6-15/h1-8,16-18H,9-14H2. The summed E-state index contributed by atoms with van der Waals surface area (Å²) in [5, 5.41) is 0. The number of hydrogen-bond donors (Lipinski definition) is 0. The van der Waals surface area contributed by atoms with Crippen LogP contribution in [-0.4, -0.2) is 36.0 Å². The van der Waals surface area contributed by atoms with Crippen LogP contribution >= 0.6 is 0 Å². The Labute approximate surface area is 157 Å². The van der Waals surface area contributed by atoms with Gasteiger partial charge in [-0.3, -0.25) is 9.69 Å². The van der Waals surface area contributed by atoms with Gasteiger partial charge in [0.1, 0.15) is 17.4 Å². The zero-order valence-corrected chi connectivity index (χ0v) is 15.1. The van der Waals surface area contributed by atoms with E-state index < -0.39 is 11.6 Å². The first-order chi connectivity index (χ1) is 13.1. The molecule has 0 radical (unpaired) electrons. The largest absolute Gasteiger partial charge is 0.378 e. The summed E-state index contributed by atoms with van der Waals surface area (Å²) in [6, 6.07) is 14.3.